The van der Waals surface area contributed by atoms with Gasteiger partial charge in [0, 0.05) is 17.7 Å². The summed E-state index contributed by atoms with van der Waals surface area (Å²) in [6.45, 7) is 0. The molecule has 0 saturated carbocycles. The number of non-ortho nitro benzene ring substituents is 1. The number of hydrogen-bond donors (Lipinski definition) is 2. The first-order valence-electron chi connectivity index (χ1n) is 7.57. The van der Waals surface area contributed by atoms with Gasteiger partial charge in [0.05, 0.1) is 40.5 Å². The Labute approximate surface area is 164 Å². The second-order valence-electron chi connectivity index (χ2n) is 5.47. The second kappa shape index (κ2) is 7.48. The number of nitrogens with one attached hydrogen (secondary N) is 1. The minimum Gasteiger partial charge on any atom is -0.508 e. The molecule has 0 amide bonds. The maximum atomic E-state index is 12.5. The lowest BCUT2D eigenvalue weighted by atomic mass is 9.88. The fraction of sp³-hybridized carbons (Fsp3) is 0.188. The molecule has 2 heterocycles. The predicted octanol–water partition coefficient (Wildman–Crippen LogP) is 1.89. The Kier molecular flexibility index (Phi) is 5.25. The fourth-order valence-electron chi connectivity index (χ4n) is 2.76. The Morgan fingerprint density at radius 3 is 2.54 bits per heavy atom. The van der Waals surface area contributed by atoms with Crippen molar-refractivity contribution in [3.8, 4) is 5.75 Å². The third-order valence-electron chi connectivity index (χ3n) is 3.95. The maximum absolute atomic E-state index is 12.5. The zero-order chi connectivity index (χ0) is 20.6. The van der Waals surface area contributed by atoms with Crippen molar-refractivity contribution in [2.45, 2.75) is 10.9 Å². The van der Waals surface area contributed by atoms with Crippen molar-refractivity contribution in [1.82, 2.24) is 4.98 Å². The van der Waals surface area contributed by atoms with Gasteiger partial charge in [-0.1, -0.05) is 23.1 Å². The van der Waals surface area contributed by atoms with E-state index in [2.05, 4.69) is 4.98 Å². The van der Waals surface area contributed by atoms with Gasteiger partial charge >= 0.3 is 16.8 Å². The molecule has 3 rings (SSSR count). The standard InChI is InChI=1S/C16H12N2O8S2/c1-25-14(20)10-9(7-5-6(18(23)24)3-4-8(7)19)11-13(17-16(22)28-11)27-12(10)15(21)26-2/h3-5,9,19H,1-2H3,(H,17,22)/t9-/m0/s1. The summed E-state index contributed by atoms with van der Waals surface area (Å²) in [6, 6.07) is 3.29. The van der Waals surface area contributed by atoms with E-state index in [4.69, 9.17) is 9.47 Å². The zero-order valence-electron chi connectivity index (χ0n) is 14.4. The Hall–Kier alpha value is -3.12. The summed E-state index contributed by atoms with van der Waals surface area (Å²) in [7, 11) is 2.23. The van der Waals surface area contributed by atoms with Crippen LogP contribution in [0.1, 0.15) is 16.4 Å². The Morgan fingerprint density at radius 1 is 1.25 bits per heavy atom. The highest BCUT2D eigenvalue weighted by molar-refractivity contribution is 8.04. The summed E-state index contributed by atoms with van der Waals surface area (Å²) < 4.78 is 9.52. The summed E-state index contributed by atoms with van der Waals surface area (Å²) in [4.78, 5) is 49.5. The Bertz CT molecular complexity index is 1080. The van der Waals surface area contributed by atoms with E-state index in [0.717, 1.165) is 55.5 Å². The minimum absolute atomic E-state index is 0.0206. The molecule has 0 unspecified atom stereocenters. The van der Waals surface area contributed by atoms with E-state index < -0.39 is 27.7 Å². The number of nitrogens with zero attached hydrogens (tertiary/aromatic N) is 1. The van der Waals surface area contributed by atoms with Gasteiger partial charge in [0.15, 0.2) is 0 Å². The van der Waals surface area contributed by atoms with Gasteiger partial charge in [-0.15, -0.1) is 0 Å². The average Bonchev–Trinajstić information content (AvgIpc) is 3.05. The number of thiazole rings is 1. The van der Waals surface area contributed by atoms with Gasteiger partial charge in [-0.05, 0) is 6.07 Å². The molecule has 0 bridgehead atoms. The van der Waals surface area contributed by atoms with Crippen molar-refractivity contribution in [3.63, 3.8) is 0 Å². The van der Waals surface area contributed by atoms with Gasteiger partial charge in [-0.2, -0.15) is 0 Å². The molecule has 0 saturated heterocycles. The number of rotatable bonds is 4. The van der Waals surface area contributed by atoms with Gasteiger partial charge < -0.3 is 19.6 Å². The molecule has 0 fully saturated rings. The lowest BCUT2D eigenvalue weighted by molar-refractivity contribution is -0.384. The number of esters is 2. The lowest BCUT2D eigenvalue weighted by Crippen LogP contribution is -2.22. The van der Waals surface area contributed by atoms with Crippen molar-refractivity contribution in [2.24, 2.45) is 0 Å². The molecule has 1 aromatic heterocycles. The van der Waals surface area contributed by atoms with Crippen molar-refractivity contribution in [2.75, 3.05) is 14.2 Å². The van der Waals surface area contributed by atoms with Crippen molar-refractivity contribution in [1.29, 1.82) is 0 Å². The number of ether oxygens (including phenoxy) is 2. The molecular weight excluding hydrogens is 412 g/mol. The number of H-pyrrole nitrogens is 1. The molecule has 1 atom stereocenters. The third-order valence-corrected chi connectivity index (χ3v) is 6.14. The number of aromatic hydroxyl groups is 1. The smallest absolute Gasteiger partial charge is 0.345 e. The number of hydrogen-bond acceptors (Lipinski definition) is 10. The first-order valence-corrected chi connectivity index (χ1v) is 9.20. The molecular formula is C16H12N2O8S2. The Balaban J connectivity index is 2.36. The molecule has 1 aliphatic rings. The number of aromatic amines is 1. The van der Waals surface area contributed by atoms with Crippen LogP contribution in [-0.2, 0) is 19.1 Å². The van der Waals surface area contributed by atoms with Crippen LogP contribution in [0.3, 0.4) is 0 Å². The van der Waals surface area contributed by atoms with E-state index in [1.54, 1.807) is 0 Å². The number of nitro groups is 1. The van der Waals surface area contributed by atoms with Gasteiger partial charge in [-0.3, -0.25) is 14.9 Å². The van der Waals surface area contributed by atoms with Gasteiger partial charge in [0.25, 0.3) is 5.69 Å². The molecule has 0 radical (unpaired) electrons. The van der Waals surface area contributed by atoms with E-state index in [-0.39, 0.29) is 32.5 Å². The largest absolute Gasteiger partial charge is 0.508 e. The van der Waals surface area contributed by atoms with Crippen molar-refractivity contribution < 1.29 is 29.1 Å². The highest BCUT2D eigenvalue weighted by atomic mass is 32.2. The normalized spacial score (nSPS) is 15.7. The molecule has 10 nitrogen and oxygen atoms in total. The topological polar surface area (TPSA) is 149 Å². The molecule has 2 N–H and O–H groups in total. The predicted molar refractivity (Wildman–Crippen MR) is 98.5 cm³/mol. The number of benzene rings is 1. The number of phenolic OH excluding ortho intramolecular Hbond substituents is 1. The zero-order valence-corrected chi connectivity index (χ0v) is 16.0. The van der Waals surface area contributed by atoms with Gasteiger partial charge in [0.1, 0.15) is 10.7 Å². The minimum atomic E-state index is -1.14. The average molecular weight is 424 g/mol. The third kappa shape index (κ3) is 3.27. The molecule has 0 aliphatic carbocycles. The van der Waals surface area contributed by atoms with Crippen molar-refractivity contribution >= 4 is 40.7 Å². The SMILES string of the molecule is COC(=O)C1=C(C(=O)OC)[C@H](c2cc([N+](=O)[O-])ccc2O)c2sc(=O)[nH]c2S1. The molecule has 2 aromatic rings. The van der Waals surface area contributed by atoms with Crippen molar-refractivity contribution in [3.05, 3.63) is 58.9 Å². The van der Waals surface area contributed by atoms with Crippen LogP contribution in [0.2, 0.25) is 0 Å². The van der Waals surface area contributed by atoms with Gasteiger partial charge in [-0.25, -0.2) is 9.59 Å². The number of carbonyl (C=O) groups is 2. The number of nitro benzene ring substituents is 1. The molecule has 0 spiro atoms. The van der Waals surface area contributed by atoms with Crippen LogP contribution in [0.5, 0.6) is 5.75 Å². The second-order valence-corrected chi connectivity index (χ2v) is 7.50. The van der Waals surface area contributed by atoms with Crippen LogP contribution >= 0.6 is 23.1 Å². The highest BCUT2D eigenvalue weighted by Gasteiger charge is 2.41. The van der Waals surface area contributed by atoms with E-state index in [0.29, 0.717) is 4.88 Å². The Morgan fingerprint density at radius 2 is 1.93 bits per heavy atom. The number of methoxy groups -OCH3 is 2. The molecule has 28 heavy (non-hydrogen) atoms. The highest BCUT2D eigenvalue weighted by Crippen LogP contribution is 2.50. The molecule has 1 aromatic carbocycles. The van der Waals surface area contributed by atoms with E-state index in [1.165, 1.54) is 0 Å². The fourth-order valence-corrected chi connectivity index (χ4v) is 4.98. The number of aromatic nitrogens is 1. The molecule has 12 heteroatoms. The summed E-state index contributed by atoms with van der Waals surface area (Å²) in [5.41, 5.74) is -0.537. The molecule has 146 valence electrons. The quantitative estimate of drug-likeness (QED) is 0.426. The maximum Gasteiger partial charge on any atom is 0.345 e. The van der Waals surface area contributed by atoms with Crippen LogP contribution in [0, 0.1) is 10.1 Å². The van der Waals surface area contributed by atoms with E-state index in [1.807, 2.05) is 0 Å². The van der Waals surface area contributed by atoms with E-state index >= 15 is 0 Å². The summed E-state index contributed by atoms with van der Waals surface area (Å²) in [6.07, 6.45) is 0. The first-order chi connectivity index (χ1) is 13.3. The molecule has 1 aliphatic heterocycles. The van der Waals surface area contributed by atoms with Crippen LogP contribution in [0.25, 0.3) is 0 Å². The van der Waals surface area contributed by atoms with Gasteiger partial charge in [0.2, 0.25) is 0 Å². The number of phenols is 1. The van der Waals surface area contributed by atoms with Crippen LogP contribution in [0.15, 0.2) is 38.5 Å². The number of carbonyl (C=O) groups excluding carboxylic acids is 2. The summed E-state index contributed by atoms with van der Waals surface area (Å²) in [5.74, 6) is -3.23. The number of thioether (sulfide) groups is 1. The van der Waals surface area contributed by atoms with E-state index in [9.17, 15) is 29.6 Å². The summed E-state index contributed by atoms with van der Waals surface area (Å²) in [5, 5.41) is 21.8. The lowest BCUT2D eigenvalue weighted by Gasteiger charge is -2.25. The first kappa shape index (κ1) is 19.6. The number of fused-ring (bicyclic) bond motifs is 1. The monoisotopic (exact) mass is 424 g/mol. The van der Waals surface area contributed by atoms with Crippen LogP contribution < -0.4 is 4.87 Å². The van der Waals surface area contributed by atoms with Crippen LogP contribution in [-0.4, -0.2) is 41.2 Å². The van der Waals surface area contributed by atoms with Crippen LogP contribution in [0.4, 0.5) is 5.69 Å². The summed E-state index contributed by atoms with van der Waals surface area (Å²) >= 11 is 1.58.